The summed E-state index contributed by atoms with van der Waals surface area (Å²) in [6.45, 7) is 0. The van der Waals surface area contributed by atoms with Gasteiger partial charge >= 0.3 is 0 Å². The van der Waals surface area contributed by atoms with Gasteiger partial charge in [-0.15, -0.1) is 0 Å². The van der Waals surface area contributed by atoms with Crippen molar-refractivity contribution in [3.05, 3.63) is 4.77 Å². The Morgan fingerprint density at radius 2 is 1.64 bits per heavy atom. The third kappa shape index (κ3) is 1.87. The molecule has 0 aliphatic heterocycles. The fraction of sp³-hybridized carbons (Fsp3) is 0.400. The maximum Gasteiger partial charge on any atom is 0.225 e. The van der Waals surface area contributed by atoms with Gasteiger partial charge in [0.2, 0.25) is 16.7 Å². The van der Waals surface area contributed by atoms with E-state index in [4.69, 9.17) is 12.2 Å². The van der Waals surface area contributed by atoms with Crippen LogP contribution >= 0.6 is 12.2 Å². The smallest absolute Gasteiger partial charge is 0.225 e. The molecule has 3 N–H and O–H groups in total. The number of rotatable bonds is 2. The van der Waals surface area contributed by atoms with Crippen LogP contribution in [0.1, 0.15) is 0 Å². The highest BCUT2D eigenvalue weighted by Crippen LogP contribution is 1.99. The molecule has 1 aromatic rings. The third-order valence-electron chi connectivity index (χ3n) is 1.13. The van der Waals surface area contributed by atoms with E-state index in [9.17, 15) is 0 Å². The van der Waals surface area contributed by atoms with Crippen LogP contribution in [-0.2, 0) is 0 Å². The first kappa shape index (κ1) is 7.93. The second-order valence-electron chi connectivity index (χ2n) is 1.83. The number of H-pyrrole nitrogens is 1. The molecule has 0 saturated heterocycles. The van der Waals surface area contributed by atoms with Gasteiger partial charge in [-0.3, -0.25) is 4.98 Å². The molecule has 0 aliphatic carbocycles. The summed E-state index contributed by atoms with van der Waals surface area (Å²) in [5, 5.41) is 5.66. The number of hydrogen-bond donors (Lipinski definition) is 3. The molecule has 0 atom stereocenters. The minimum absolute atomic E-state index is 0.317. The molecule has 6 heteroatoms. The lowest BCUT2D eigenvalue weighted by Crippen LogP contribution is -2.02. The maximum atomic E-state index is 4.80. The number of anilines is 2. The SMILES string of the molecule is CNc1nc(=S)nc(NC)[nH]1. The van der Waals surface area contributed by atoms with Crippen LogP contribution in [0, 0.1) is 4.77 Å². The summed E-state index contributed by atoms with van der Waals surface area (Å²) < 4.78 is 0.317. The average Bonchev–Trinajstić information content (AvgIpc) is 2.03. The van der Waals surface area contributed by atoms with Crippen LogP contribution in [0.15, 0.2) is 0 Å². The van der Waals surface area contributed by atoms with E-state index >= 15 is 0 Å². The summed E-state index contributed by atoms with van der Waals surface area (Å²) in [6.07, 6.45) is 0. The minimum Gasteiger partial charge on any atom is -0.359 e. The Bertz CT molecular complexity index is 268. The van der Waals surface area contributed by atoms with E-state index in [1.807, 2.05) is 0 Å². The van der Waals surface area contributed by atoms with Crippen molar-refractivity contribution in [2.24, 2.45) is 0 Å². The number of aromatic nitrogens is 3. The first-order valence-electron chi connectivity index (χ1n) is 3.10. The van der Waals surface area contributed by atoms with Crippen LogP contribution in [-0.4, -0.2) is 29.0 Å². The monoisotopic (exact) mass is 171 g/mol. The third-order valence-corrected chi connectivity index (χ3v) is 1.31. The van der Waals surface area contributed by atoms with Gasteiger partial charge in [-0.25, -0.2) is 0 Å². The lowest BCUT2D eigenvalue weighted by atomic mass is 10.8. The highest BCUT2D eigenvalue weighted by molar-refractivity contribution is 7.71. The molecule has 0 bridgehead atoms. The Morgan fingerprint density at radius 1 is 1.18 bits per heavy atom. The molecule has 0 amide bonds. The molecule has 1 heterocycles. The molecule has 0 fully saturated rings. The predicted octanol–water partition coefficient (Wildman–Crippen LogP) is 0.618. The number of hydrogen-bond acceptors (Lipinski definition) is 5. The van der Waals surface area contributed by atoms with Crippen molar-refractivity contribution < 1.29 is 0 Å². The zero-order chi connectivity index (χ0) is 8.27. The molecule has 60 valence electrons. The lowest BCUT2D eigenvalue weighted by Gasteiger charge is -2.01. The van der Waals surface area contributed by atoms with Crippen molar-refractivity contribution in [3.8, 4) is 0 Å². The van der Waals surface area contributed by atoms with Gasteiger partial charge in [-0.2, -0.15) is 9.97 Å². The Labute approximate surface area is 69.3 Å². The van der Waals surface area contributed by atoms with Crippen LogP contribution in [0.25, 0.3) is 0 Å². The maximum absolute atomic E-state index is 4.80. The summed E-state index contributed by atoms with van der Waals surface area (Å²) >= 11 is 4.80. The normalized spacial score (nSPS) is 9.27. The van der Waals surface area contributed by atoms with Gasteiger partial charge in [0, 0.05) is 14.1 Å². The van der Waals surface area contributed by atoms with Crippen LogP contribution in [0.2, 0.25) is 0 Å². The highest BCUT2D eigenvalue weighted by Gasteiger charge is 1.94. The molecule has 0 unspecified atom stereocenters. The largest absolute Gasteiger partial charge is 0.359 e. The van der Waals surface area contributed by atoms with Crippen molar-refractivity contribution in [1.82, 2.24) is 15.0 Å². The second-order valence-corrected chi connectivity index (χ2v) is 2.19. The van der Waals surface area contributed by atoms with Crippen molar-refractivity contribution >= 4 is 24.1 Å². The van der Waals surface area contributed by atoms with Crippen LogP contribution < -0.4 is 10.6 Å². The van der Waals surface area contributed by atoms with Gasteiger partial charge in [-0.1, -0.05) is 0 Å². The summed E-state index contributed by atoms with van der Waals surface area (Å²) in [5.41, 5.74) is 0. The molecule has 0 aromatic carbocycles. The average molecular weight is 171 g/mol. The Morgan fingerprint density at radius 3 is 2.00 bits per heavy atom. The van der Waals surface area contributed by atoms with Crippen molar-refractivity contribution in [3.63, 3.8) is 0 Å². The van der Waals surface area contributed by atoms with E-state index in [1.165, 1.54) is 0 Å². The van der Waals surface area contributed by atoms with Gasteiger partial charge in [0.15, 0.2) is 0 Å². The van der Waals surface area contributed by atoms with E-state index in [1.54, 1.807) is 14.1 Å². The van der Waals surface area contributed by atoms with E-state index in [-0.39, 0.29) is 0 Å². The first-order chi connectivity index (χ1) is 5.26. The van der Waals surface area contributed by atoms with Crippen LogP contribution in [0.4, 0.5) is 11.9 Å². The lowest BCUT2D eigenvalue weighted by molar-refractivity contribution is 1.02. The molecule has 1 aromatic heterocycles. The summed E-state index contributed by atoms with van der Waals surface area (Å²) in [4.78, 5) is 10.7. The van der Waals surface area contributed by atoms with Crippen LogP contribution in [0.3, 0.4) is 0 Å². The summed E-state index contributed by atoms with van der Waals surface area (Å²) in [6, 6.07) is 0. The molecule has 11 heavy (non-hydrogen) atoms. The fourth-order valence-electron chi connectivity index (χ4n) is 0.621. The predicted molar refractivity (Wildman–Crippen MR) is 46.3 cm³/mol. The van der Waals surface area contributed by atoms with E-state index in [0.29, 0.717) is 16.7 Å². The molecule has 0 radical (unpaired) electrons. The van der Waals surface area contributed by atoms with Crippen molar-refractivity contribution in [2.45, 2.75) is 0 Å². The minimum atomic E-state index is 0.317. The molecule has 5 nitrogen and oxygen atoms in total. The van der Waals surface area contributed by atoms with Crippen molar-refractivity contribution in [2.75, 3.05) is 24.7 Å². The zero-order valence-corrected chi connectivity index (χ0v) is 7.12. The second kappa shape index (κ2) is 3.29. The number of nitrogens with one attached hydrogen (secondary N) is 3. The molecule has 1 rings (SSSR count). The molecule has 0 spiro atoms. The fourth-order valence-corrected chi connectivity index (χ4v) is 0.804. The van der Waals surface area contributed by atoms with Gasteiger partial charge < -0.3 is 10.6 Å². The molecular weight excluding hydrogens is 162 g/mol. The Balaban J connectivity index is 3.12. The zero-order valence-electron chi connectivity index (χ0n) is 6.30. The van der Waals surface area contributed by atoms with E-state index in [2.05, 4.69) is 25.6 Å². The molecular formula is C5H9N5S. The number of aromatic amines is 1. The van der Waals surface area contributed by atoms with Gasteiger partial charge in [0.1, 0.15) is 0 Å². The van der Waals surface area contributed by atoms with Gasteiger partial charge in [-0.05, 0) is 12.2 Å². The van der Waals surface area contributed by atoms with Crippen LogP contribution in [0.5, 0.6) is 0 Å². The topological polar surface area (TPSA) is 65.6 Å². The highest BCUT2D eigenvalue weighted by atomic mass is 32.1. The van der Waals surface area contributed by atoms with Gasteiger partial charge in [0.05, 0.1) is 0 Å². The quantitative estimate of drug-likeness (QED) is 0.569. The molecule has 0 aliphatic rings. The van der Waals surface area contributed by atoms with Gasteiger partial charge in [0.25, 0.3) is 0 Å². The Hall–Kier alpha value is -1.17. The first-order valence-corrected chi connectivity index (χ1v) is 3.51. The molecule has 0 saturated carbocycles. The van der Waals surface area contributed by atoms with E-state index in [0.717, 1.165) is 0 Å². The van der Waals surface area contributed by atoms with Crippen molar-refractivity contribution in [1.29, 1.82) is 0 Å². The standard InChI is InChI=1S/C5H9N5S/c1-6-3-8-4(7-2)10-5(11)9-3/h1-2H3,(H3,6,7,8,9,10,11). The van der Waals surface area contributed by atoms with E-state index < -0.39 is 0 Å². The summed E-state index contributed by atoms with van der Waals surface area (Å²) in [5.74, 6) is 1.21. The number of nitrogens with zero attached hydrogens (tertiary/aromatic N) is 2. The summed E-state index contributed by atoms with van der Waals surface area (Å²) in [7, 11) is 3.51. The Kier molecular flexibility index (Phi) is 2.37.